The summed E-state index contributed by atoms with van der Waals surface area (Å²) in [5, 5.41) is 2.76. The Bertz CT molecular complexity index is 809. The van der Waals surface area contributed by atoms with Crippen LogP contribution >= 0.6 is 0 Å². The highest BCUT2D eigenvalue weighted by Gasteiger charge is 2.55. The molecule has 2 aliphatic rings. The van der Waals surface area contributed by atoms with Crippen molar-refractivity contribution in [3.63, 3.8) is 0 Å². The van der Waals surface area contributed by atoms with Crippen LogP contribution in [-0.4, -0.2) is 68.1 Å². The van der Waals surface area contributed by atoms with Crippen molar-refractivity contribution in [3.05, 3.63) is 17.7 Å². The van der Waals surface area contributed by atoms with E-state index in [9.17, 15) is 14.4 Å². The van der Waals surface area contributed by atoms with E-state index in [1.807, 2.05) is 0 Å². The monoisotopic (exact) mass is 419 g/mol. The number of ether oxygens (including phenoxy) is 3. The lowest BCUT2D eigenvalue weighted by Crippen LogP contribution is -2.49. The molecule has 9 heteroatoms. The van der Waals surface area contributed by atoms with E-state index in [0.29, 0.717) is 30.1 Å². The largest absolute Gasteiger partial charge is 0.493 e. The van der Waals surface area contributed by atoms with Crippen LogP contribution in [0, 0.1) is 0 Å². The molecule has 164 valence electrons. The van der Waals surface area contributed by atoms with Crippen LogP contribution in [0.15, 0.2) is 12.1 Å². The van der Waals surface area contributed by atoms with Crippen molar-refractivity contribution < 1.29 is 28.6 Å². The molecule has 1 saturated carbocycles. The van der Waals surface area contributed by atoms with Crippen molar-refractivity contribution in [1.29, 1.82) is 0 Å². The van der Waals surface area contributed by atoms with E-state index in [1.54, 1.807) is 19.2 Å². The van der Waals surface area contributed by atoms with Gasteiger partial charge in [-0.25, -0.2) is 4.79 Å². The SMILES string of the molecule is COc1cc(CNC(=O)CN2C(=O)N(C)C3(CCCCC3)C2=O)cc(OC)c1OC. The third-order valence-corrected chi connectivity index (χ3v) is 6.00. The van der Waals surface area contributed by atoms with Gasteiger partial charge in [-0.2, -0.15) is 0 Å². The Kier molecular flexibility index (Phi) is 6.38. The Morgan fingerprint density at radius 2 is 1.63 bits per heavy atom. The molecule has 1 spiro atoms. The Morgan fingerprint density at radius 3 is 2.17 bits per heavy atom. The van der Waals surface area contributed by atoms with Crippen molar-refractivity contribution in [2.75, 3.05) is 34.9 Å². The second kappa shape index (κ2) is 8.81. The van der Waals surface area contributed by atoms with E-state index < -0.39 is 17.5 Å². The second-order valence-electron chi connectivity index (χ2n) is 7.64. The van der Waals surface area contributed by atoms with E-state index >= 15 is 0 Å². The third-order valence-electron chi connectivity index (χ3n) is 6.00. The van der Waals surface area contributed by atoms with Crippen molar-refractivity contribution in [2.45, 2.75) is 44.2 Å². The lowest BCUT2D eigenvalue weighted by molar-refractivity contribution is -0.137. The van der Waals surface area contributed by atoms with Gasteiger partial charge in [-0.15, -0.1) is 0 Å². The number of imide groups is 1. The van der Waals surface area contributed by atoms with Gasteiger partial charge < -0.3 is 24.4 Å². The molecule has 30 heavy (non-hydrogen) atoms. The first-order chi connectivity index (χ1) is 14.4. The fourth-order valence-corrected chi connectivity index (χ4v) is 4.31. The smallest absolute Gasteiger partial charge is 0.327 e. The Labute approximate surface area is 176 Å². The molecule has 1 N–H and O–H groups in total. The summed E-state index contributed by atoms with van der Waals surface area (Å²) in [5.41, 5.74) is -0.0513. The summed E-state index contributed by atoms with van der Waals surface area (Å²) in [6.45, 7) is -0.110. The van der Waals surface area contributed by atoms with E-state index in [1.165, 1.54) is 26.2 Å². The van der Waals surface area contributed by atoms with Gasteiger partial charge in [0.1, 0.15) is 12.1 Å². The molecule has 1 heterocycles. The molecule has 0 bridgehead atoms. The fraction of sp³-hybridized carbons (Fsp3) is 0.571. The lowest BCUT2D eigenvalue weighted by Gasteiger charge is -2.35. The number of nitrogens with one attached hydrogen (secondary N) is 1. The first-order valence-electron chi connectivity index (χ1n) is 10.0. The number of rotatable bonds is 7. The van der Waals surface area contributed by atoms with Gasteiger partial charge >= 0.3 is 6.03 Å². The second-order valence-corrected chi connectivity index (χ2v) is 7.64. The highest BCUT2D eigenvalue weighted by Crippen LogP contribution is 2.40. The number of carbonyl (C=O) groups is 3. The molecule has 0 aromatic heterocycles. The summed E-state index contributed by atoms with van der Waals surface area (Å²) in [6.07, 6.45) is 4.18. The van der Waals surface area contributed by atoms with E-state index in [0.717, 1.165) is 29.7 Å². The zero-order valence-electron chi connectivity index (χ0n) is 17.9. The topological polar surface area (TPSA) is 97.4 Å². The fourth-order valence-electron chi connectivity index (χ4n) is 4.31. The van der Waals surface area contributed by atoms with Gasteiger partial charge in [0.2, 0.25) is 11.7 Å². The Hall–Kier alpha value is -2.97. The maximum atomic E-state index is 13.0. The van der Waals surface area contributed by atoms with Crippen LogP contribution in [0.1, 0.15) is 37.7 Å². The van der Waals surface area contributed by atoms with Crippen LogP contribution in [0.25, 0.3) is 0 Å². The molecule has 1 saturated heterocycles. The zero-order chi connectivity index (χ0) is 21.9. The van der Waals surface area contributed by atoms with Gasteiger partial charge in [0.15, 0.2) is 11.5 Å². The molecule has 1 aromatic rings. The quantitative estimate of drug-likeness (QED) is 0.679. The van der Waals surface area contributed by atoms with E-state index in [-0.39, 0.29) is 19.0 Å². The molecule has 4 amide bonds. The molecular formula is C21H29N3O6. The molecule has 9 nitrogen and oxygen atoms in total. The predicted octanol–water partition coefficient (Wildman–Crippen LogP) is 1.93. The van der Waals surface area contributed by atoms with Crippen LogP contribution in [0.2, 0.25) is 0 Å². The number of likely N-dealkylation sites (N-methyl/N-ethyl adjacent to an activating group) is 1. The van der Waals surface area contributed by atoms with Gasteiger partial charge in [0.05, 0.1) is 21.3 Å². The highest BCUT2D eigenvalue weighted by molar-refractivity contribution is 6.08. The molecule has 3 rings (SSSR count). The van der Waals surface area contributed by atoms with Crippen LogP contribution in [0.4, 0.5) is 4.79 Å². The third kappa shape index (κ3) is 3.76. The zero-order valence-corrected chi connectivity index (χ0v) is 17.9. The molecule has 2 fully saturated rings. The number of urea groups is 1. The van der Waals surface area contributed by atoms with Gasteiger partial charge in [-0.1, -0.05) is 19.3 Å². The summed E-state index contributed by atoms with van der Waals surface area (Å²) in [5.74, 6) is 0.743. The number of carbonyl (C=O) groups excluding carboxylic acids is 3. The first kappa shape index (κ1) is 21.7. The minimum absolute atomic E-state index is 0.187. The van der Waals surface area contributed by atoms with Crippen molar-refractivity contribution >= 4 is 17.8 Å². The van der Waals surface area contributed by atoms with Gasteiger partial charge in [0.25, 0.3) is 5.91 Å². The number of nitrogens with zero attached hydrogens (tertiary/aromatic N) is 2. The maximum Gasteiger partial charge on any atom is 0.327 e. The normalized spacial score (nSPS) is 18.0. The summed E-state index contributed by atoms with van der Waals surface area (Å²) in [6, 6.07) is 3.06. The van der Waals surface area contributed by atoms with E-state index in [2.05, 4.69) is 5.32 Å². The minimum Gasteiger partial charge on any atom is -0.493 e. The number of benzene rings is 1. The van der Waals surface area contributed by atoms with Crippen molar-refractivity contribution in [1.82, 2.24) is 15.1 Å². The average molecular weight is 419 g/mol. The molecule has 0 unspecified atom stereocenters. The summed E-state index contributed by atoms with van der Waals surface area (Å²) in [4.78, 5) is 40.7. The molecule has 0 atom stereocenters. The summed E-state index contributed by atoms with van der Waals surface area (Å²) < 4.78 is 15.9. The van der Waals surface area contributed by atoms with Crippen molar-refractivity contribution in [2.24, 2.45) is 0 Å². The molecule has 1 aromatic carbocycles. The number of amides is 4. The Balaban J connectivity index is 1.66. The lowest BCUT2D eigenvalue weighted by atomic mass is 9.81. The summed E-state index contributed by atoms with van der Waals surface area (Å²) >= 11 is 0. The van der Waals surface area contributed by atoms with Gasteiger partial charge in [-0.3, -0.25) is 14.5 Å². The van der Waals surface area contributed by atoms with Crippen LogP contribution < -0.4 is 19.5 Å². The molecule has 0 radical (unpaired) electrons. The van der Waals surface area contributed by atoms with Crippen molar-refractivity contribution in [3.8, 4) is 17.2 Å². The minimum atomic E-state index is -0.785. The maximum absolute atomic E-state index is 13.0. The van der Waals surface area contributed by atoms with E-state index in [4.69, 9.17) is 14.2 Å². The standard InChI is InChI=1S/C21H29N3O6/c1-23-20(27)24(19(26)21(23)8-6-5-7-9-21)13-17(25)22-12-14-10-15(28-2)18(30-4)16(11-14)29-3/h10-11H,5-9,12-13H2,1-4H3,(H,22,25). The molecule has 1 aliphatic heterocycles. The summed E-state index contributed by atoms with van der Waals surface area (Å²) in [7, 11) is 6.20. The number of hydrogen-bond acceptors (Lipinski definition) is 6. The molecular weight excluding hydrogens is 390 g/mol. The van der Waals surface area contributed by atoms with Crippen LogP contribution in [-0.2, 0) is 16.1 Å². The van der Waals surface area contributed by atoms with Gasteiger partial charge in [-0.05, 0) is 30.5 Å². The Morgan fingerprint density at radius 1 is 1.03 bits per heavy atom. The van der Waals surface area contributed by atoms with Gasteiger partial charge in [0, 0.05) is 13.6 Å². The predicted molar refractivity (Wildman–Crippen MR) is 109 cm³/mol. The first-order valence-corrected chi connectivity index (χ1v) is 10.0. The average Bonchev–Trinajstić information content (AvgIpc) is 2.93. The highest BCUT2D eigenvalue weighted by atomic mass is 16.5. The molecule has 1 aliphatic carbocycles. The number of methoxy groups -OCH3 is 3. The van der Waals surface area contributed by atoms with Crippen LogP contribution in [0.5, 0.6) is 17.2 Å². The number of hydrogen-bond donors (Lipinski definition) is 1. The van der Waals surface area contributed by atoms with Crippen LogP contribution in [0.3, 0.4) is 0 Å².